The number of nitrogens with one attached hydrogen (secondary N) is 1. The van der Waals surface area contributed by atoms with Gasteiger partial charge in [-0.25, -0.2) is 0 Å². The van der Waals surface area contributed by atoms with Crippen LogP contribution < -0.4 is 5.32 Å². The Balaban J connectivity index is 1.96. The summed E-state index contributed by atoms with van der Waals surface area (Å²) in [5.74, 6) is 2.35. The third-order valence-corrected chi connectivity index (χ3v) is 4.03. The van der Waals surface area contributed by atoms with E-state index in [1.54, 1.807) is 0 Å². The average Bonchev–Trinajstić information content (AvgIpc) is 2.07. The fraction of sp³-hybridized carbons (Fsp3) is 1.00. The summed E-state index contributed by atoms with van der Waals surface area (Å²) in [5, 5.41) is 3.39. The van der Waals surface area contributed by atoms with Crippen molar-refractivity contribution in [3.05, 3.63) is 0 Å². The van der Waals surface area contributed by atoms with E-state index in [0.717, 1.165) is 5.92 Å². The molecule has 0 radical (unpaired) electrons. The third kappa shape index (κ3) is 4.28. The van der Waals surface area contributed by atoms with Crippen molar-refractivity contribution in [3.8, 4) is 0 Å². The van der Waals surface area contributed by atoms with Crippen molar-refractivity contribution in [1.29, 1.82) is 0 Å². The lowest BCUT2D eigenvalue weighted by atomic mass is 9.96. The second-order valence-corrected chi connectivity index (χ2v) is 5.66. The summed E-state index contributed by atoms with van der Waals surface area (Å²) in [6, 6.07) is 0. The Labute approximate surface area is 77.5 Å². The molecule has 1 aliphatic heterocycles. The van der Waals surface area contributed by atoms with Crippen LogP contribution in [0.2, 0.25) is 0 Å². The number of piperidine rings is 1. The maximum Gasteiger partial charge on any atom is 0.00394 e. The number of hydrogen-bond donors (Lipinski definition) is 1. The monoisotopic (exact) mass is 191 g/mol. The van der Waals surface area contributed by atoms with Crippen LogP contribution in [0.5, 0.6) is 0 Å². The highest BCUT2D eigenvalue weighted by Crippen LogP contribution is 2.23. The molecule has 1 nitrogen and oxygen atoms in total. The maximum atomic E-state index is 3.39. The Morgan fingerprint density at radius 3 is 2.73 bits per heavy atom. The highest BCUT2D eigenvalue weighted by atomic mass is 33.1. The van der Waals surface area contributed by atoms with Gasteiger partial charge in [-0.2, -0.15) is 0 Å². The van der Waals surface area contributed by atoms with E-state index in [4.69, 9.17) is 0 Å². The van der Waals surface area contributed by atoms with Gasteiger partial charge in [0.1, 0.15) is 0 Å². The van der Waals surface area contributed by atoms with Gasteiger partial charge >= 0.3 is 0 Å². The van der Waals surface area contributed by atoms with Gasteiger partial charge in [-0.3, -0.25) is 0 Å². The molecule has 0 bridgehead atoms. The van der Waals surface area contributed by atoms with Crippen molar-refractivity contribution < 1.29 is 0 Å². The molecule has 1 rings (SSSR count). The van der Waals surface area contributed by atoms with Crippen molar-refractivity contribution >= 4 is 21.6 Å². The molecule has 0 atom stereocenters. The van der Waals surface area contributed by atoms with Gasteiger partial charge in [0.15, 0.2) is 0 Å². The van der Waals surface area contributed by atoms with E-state index in [1.165, 1.54) is 38.1 Å². The van der Waals surface area contributed by atoms with Crippen LogP contribution in [-0.4, -0.2) is 25.1 Å². The minimum atomic E-state index is 1.01. The topological polar surface area (TPSA) is 12.0 Å². The lowest BCUT2D eigenvalue weighted by molar-refractivity contribution is 0.367. The van der Waals surface area contributed by atoms with E-state index >= 15 is 0 Å². The fourth-order valence-corrected chi connectivity index (χ4v) is 2.85. The standard InChI is InChI=1S/C8H17NS2/c1-10-11-7-4-8-2-5-9-6-3-8/h8-9H,2-7H2,1H3. The third-order valence-electron chi connectivity index (χ3n) is 2.19. The first-order valence-electron chi connectivity index (χ1n) is 4.30. The maximum absolute atomic E-state index is 3.39. The summed E-state index contributed by atoms with van der Waals surface area (Å²) in [4.78, 5) is 0. The highest BCUT2D eigenvalue weighted by Gasteiger charge is 2.11. The number of hydrogen-bond acceptors (Lipinski definition) is 3. The molecule has 3 heteroatoms. The molecule has 0 amide bonds. The van der Waals surface area contributed by atoms with Gasteiger partial charge in [0.2, 0.25) is 0 Å². The Hall–Kier alpha value is 0.660. The SMILES string of the molecule is CSSCCC1CCNCC1. The zero-order chi connectivity index (χ0) is 7.94. The molecule has 0 aliphatic carbocycles. The van der Waals surface area contributed by atoms with Crippen LogP contribution in [0.1, 0.15) is 19.3 Å². The molecule has 1 fully saturated rings. The minimum absolute atomic E-state index is 1.01. The van der Waals surface area contributed by atoms with Crippen molar-refractivity contribution in [2.75, 3.05) is 25.1 Å². The summed E-state index contributed by atoms with van der Waals surface area (Å²) in [6.07, 6.45) is 6.38. The first kappa shape index (κ1) is 9.75. The van der Waals surface area contributed by atoms with E-state index in [0.29, 0.717) is 0 Å². The first-order valence-corrected chi connectivity index (χ1v) is 7.02. The van der Waals surface area contributed by atoms with Crippen LogP contribution in [0.3, 0.4) is 0 Å². The van der Waals surface area contributed by atoms with Crippen LogP contribution in [0.4, 0.5) is 0 Å². The smallest absolute Gasteiger partial charge is 0.00394 e. The normalized spacial score (nSPS) is 20.5. The summed E-state index contributed by atoms with van der Waals surface area (Å²) >= 11 is 0. The van der Waals surface area contributed by atoms with Crippen molar-refractivity contribution in [1.82, 2.24) is 5.32 Å². The molecule has 0 aromatic rings. The molecule has 0 spiro atoms. The Morgan fingerprint density at radius 1 is 1.36 bits per heavy atom. The summed E-state index contributed by atoms with van der Waals surface area (Å²) < 4.78 is 0. The van der Waals surface area contributed by atoms with E-state index < -0.39 is 0 Å². The lowest BCUT2D eigenvalue weighted by Crippen LogP contribution is -2.27. The van der Waals surface area contributed by atoms with Crippen LogP contribution in [-0.2, 0) is 0 Å². The molecule has 1 heterocycles. The van der Waals surface area contributed by atoms with Gasteiger partial charge in [0.05, 0.1) is 0 Å². The van der Waals surface area contributed by atoms with Crippen LogP contribution >= 0.6 is 21.6 Å². The van der Waals surface area contributed by atoms with Crippen LogP contribution in [0.25, 0.3) is 0 Å². The Morgan fingerprint density at radius 2 is 2.09 bits per heavy atom. The molecule has 66 valence electrons. The molecule has 11 heavy (non-hydrogen) atoms. The van der Waals surface area contributed by atoms with E-state index in [1.807, 2.05) is 21.6 Å². The molecule has 1 saturated heterocycles. The average molecular weight is 191 g/mol. The molecule has 0 aromatic heterocycles. The molecular formula is C8H17NS2. The number of rotatable bonds is 4. The van der Waals surface area contributed by atoms with Gasteiger partial charge in [-0.15, -0.1) is 0 Å². The van der Waals surface area contributed by atoms with Gasteiger partial charge in [0, 0.05) is 5.75 Å². The zero-order valence-corrected chi connectivity index (χ0v) is 8.77. The zero-order valence-electron chi connectivity index (χ0n) is 7.14. The highest BCUT2D eigenvalue weighted by molar-refractivity contribution is 8.76. The van der Waals surface area contributed by atoms with E-state index in [9.17, 15) is 0 Å². The Kier molecular flexibility index (Phi) is 5.50. The molecular weight excluding hydrogens is 174 g/mol. The molecule has 1 aliphatic rings. The quantitative estimate of drug-likeness (QED) is 0.541. The predicted octanol–water partition coefficient (Wildman–Crippen LogP) is 2.39. The molecule has 0 saturated carbocycles. The predicted molar refractivity (Wildman–Crippen MR) is 56.2 cm³/mol. The second-order valence-electron chi connectivity index (χ2n) is 2.97. The van der Waals surface area contributed by atoms with Gasteiger partial charge in [-0.1, -0.05) is 21.6 Å². The minimum Gasteiger partial charge on any atom is -0.317 e. The first-order chi connectivity index (χ1) is 5.43. The summed E-state index contributed by atoms with van der Waals surface area (Å²) in [7, 11) is 3.89. The van der Waals surface area contributed by atoms with Gasteiger partial charge in [0.25, 0.3) is 0 Å². The van der Waals surface area contributed by atoms with Crippen molar-refractivity contribution in [2.24, 2.45) is 5.92 Å². The summed E-state index contributed by atoms with van der Waals surface area (Å²) in [6.45, 7) is 2.49. The van der Waals surface area contributed by atoms with Crippen LogP contribution in [0, 0.1) is 5.92 Å². The molecule has 0 aromatic carbocycles. The van der Waals surface area contributed by atoms with E-state index in [2.05, 4.69) is 11.6 Å². The second kappa shape index (κ2) is 6.21. The van der Waals surface area contributed by atoms with Crippen molar-refractivity contribution in [2.45, 2.75) is 19.3 Å². The summed E-state index contributed by atoms with van der Waals surface area (Å²) in [5.41, 5.74) is 0. The molecule has 0 unspecified atom stereocenters. The van der Waals surface area contributed by atoms with Gasteiger partial charge in [-0.05, 0) is 44.5 Å². The fourth-order valence-electron chi connectivity index (χ4n) is 1.47. The van der Waals surface area contributed by atoms with Crippen molar-refractivity contribution in [3.63, 3.8) is 0 Å². The Bertz CT molecular complexity index is 92.1. The van der Waals surface area contributed by atoms with Gasteiger partial charge < -0.3 is 5.32 Å². The largest absolute Gasteiger partial charge is 0.317 e. The lowest BCUT2D eigenvalue weighted by Gasteiger charge is -2.21. The van der Waals surface area contributed by atoms with Crippen LogP contribution in [0.15, 0.2) is 0 Å². The van der Waals surface area contributed by atoms with E-state index in [-0.39, 0.29) is 0 Å². The molecule has 1 N–H and O–H groups in total.